The maximum atomic E-state index is 11.5. The Labute approximate surface area is 171 Å². The van der Waals surface area contributed by atoms with Crippen LogP contribution in [-0.2, 0) is 4.79 Å². The van der Waals surface area contributed by atoms with Crippen molar-refractivity contribution in [3.8, 4) is 0 Å². The van der Waals surface area contributed by atoms with Gasteiger partial charge in [0, 0.05) is 50.0 Å². The van der Waals surface area contributed by atoms with Crippen LogP contribution >= 0.6 is 23.4 Å². The van der Waals surface area contributed by atoms with E-state index in [1.54, 1.807) is 25.9 Å². The zero-order chi connectivity index (χ0) is 19.6. The fraction of sp³-hybridized carbons (Fsp3) is 0.579. The average molecular weight is 412 g/mol. The first-order chi connectivity index (χ1) is 13.0. The smallest absolute Gasteiger partial charge is 0.233 e. The van der Waals surface area contributed by atoms with Crippen molar-refractivity contribution >= 4 is 35.2 Å². The number of nitrogens with zero attached hydrogens (tertiary/aromatic N) is 2. The Bertz CT molecular complexity index is 634. The Hall–Kier alpha value is -1.44. The first-order valence-electron chi connectivity index (χ1n) is 9.24. The molecule has 1 aromatic rings. The summed E-state index contributed by atoms with van der Waals surface area (Å²) in [6.07, 6.45) is 4.10. The summed E-state index contributed by atoms with van der Waals surface area (Å²) in [7, 11) is 3.47. The van der Waals surface area contributed by atoms with Gasteiger partial charge in [0.15, 0.2) is 5.96 Å². The zero-order valence-corrected chi connectivity index (χ0v) is 17.9. The van der Waals surface area contributed by atoms with Crippen molar-refractivity contribution in [1.29, 1.82) is 0 Å². The van der Waals surface area contributed by atoms with Crippen molar-refractivity contribution in [2.75, 3.05) is 46.5 Å². The number of carbonyl (C=O) groups excluding carboxylic acids is 1. The summed E-state index contributed by atoms with van der Waals surface area (Å²) in [5.41, 5.74) is 1.21. The van der Waals surface area contributed by atoms with Crippen molar-refractivity contribution in [1.82, 2.24) is 20.9 Å². The monoisotopic (exact) mass is 411 g/mol. The molecule has 1 atom stereocenters. The highest BCUT2D eigenvalue weighted by molar-refractivity contribution is 7.98. The standard InChI is InChI=1S/C19H30ClN5OS/c1-21-18(26)13-25-9-7-16(8-10-25)24-19(22-2)23-12-17(27-3)14-5-4-6-15(20)11-14/h4-6,11,16-17H,7-10,12-13H2,1-3H3,(H,21,26)(H2,22,23,24). The van der Waals surface area contributed by atoms with Crippen LogP contribution in [0.15, 0.2) is 29.3 Å². The molecule has 150 valence electrons. The number of hydrogen-bond acceptors (Lipinski definition) is 4. The lowest BCUT2D eigenvalue weighted by atomic mass is 10.1. The Morgan fingerprint density at radius 1 is 1.41 bits per heavy atom. The van der Waals surface area contributed by atoms with E-state index in [0.29, 0.717) is 17.8 Å². The zero-order valence-electron chi connectivity index (χ0n) is 16.3. The highest BCUT2D eigenvalue weighted by Crippen LogP contribution is 2.27. The predicted molar refractivity (Wildman–Crippen MR) is 116 cm³/mol. The van der Waals surface area contributed by atoms with E-state index < -0.39 is 0 Å². The van der Waals surface area contributed by atoms with Gasteiger partial charge in [-0.05, 0) is 36.8 Å². The number of amides is 1. The van der Waals surface area contributed by atoms with Gasteiger partial charge in [-0.15, -0.1) is 0 Å². The minimum atomic E-state index is 0.0722. The minimum absolute atomic E-state index is 0.0722. The van der Waals surface area contributed by atoms with Gasteiger partial charge in [0.2, 0.25) is 5.91 Å². The second kappa shape index (κ2) is 11.4. The molecular formula is C19H30ClN5OS. The molecule has 0 saturated carbocycles. The van der Waals surface area contributed by atoms with Crippen LogP contribution in [0.5, 0.6) is 0 Å². The van der Waals surface area contributed by atoms with Crippen molar-refractivity contribution in [3.05, 3.63) is 34.9 Å². The van der Waals surface area contributed by atoms with Crippen molar-refractivity contribution < 1.29 is 4.79 Å². The molecule has 2 rings (SSSR count). The van der Waals surface area contributed by atoms with Gasteiger partial charge in [0.05, 0.1) is 6.54 Å². The van der Waals surface area contributed by atoms with Crippen molar-refractivity contribution in [3.63, 3.8) is 0 Å². The predicted octanol–water partition coefficient (Wildman–Crippen LogP) is 2.12. The quantitative estimate of drug-likeness (QED) is 0.473. The molecule has 0 spiro atoms. The van der Waals surface area contributed by atoms with Crippen LogP contribution in [0.2, 0.25) is 5.02 Å². The SMILES string of the molecule is CN=C(NCC(SC)c1cccc(Cl)c1)NC1CCN(CC(=O)NC)CC1. The van der Waals surface area contributed by atoms with Crippen molar-refractivity contribution in [2.45, 2.75) is 24.1 Å². The Balaban J connectivity index is 1.80. The maximum Gasteiger partial charge on any atom is 0.233 e. The minimum Gasteiger partial charge on any atom is -0.358 e. The van der Waals surface area contributed by atoms with E-state index in [1.807, 2.05) is 18.2 Å². The summed E-state index contributed by atoms with van der Waals surface area (Å²) in [6, 6.07) is 8.37. The average Bonchev–Trinajstić information content (AvgIpc) is 2.68. The van der Waals surface area contributed by atoms with E-state index in [0.717, 1.165) is 43.5 Å². The number of piperidine rings is 1. The lowest BCUT2D eigenvalue weighted by Crippen LogP contribution is -2.50. The lowest BCUT2D eigenvalue weighted by Gasteiger charge is -2.32. The highest BCUT2D eigenvalue weighted by atomic mass is 35.5. The molecule has 0 aromatic heterocycles. The van der Waals surface area contributed by atoms with E-state index in [2.05, 4.69) is 38.2 Å². The molecule has 8 heteroatoms. The number of halogens is 1. The third-order valence-corrected chi connectivity index (χ3v) is 6.00. The summed E-state index contributed by atoms with van der Waals surface area (Å²) < 4.78 is 0. The van der Waals surface area contributed by atoms with Gasteiger partial charge in [0.25, 0.3) is 0 Å². The Morgan fingerprint density at radius 3 is 2.74 bits per heavy atom. The van der Waals surface area contributed by atoms with Crippen LogP contribution in [0.25, 0.3) is 0 Å². The van der Waals surface area contributed by atoms with Crippen LogP contribution in [0.3, 0.4) is 0 Å². The first-order valence-corrected chi connectivity index (χ1v) is 10.9. The van der Waals surface area contributed by atoms with Gasteiger partial charge in [-0.2, -0.15) is 11.8 Å². The van der Waals surface area contributed by atoms with Crippen LogP contribution < -0.4 is 16.0 Å². The van der Waals surface area contributed by atoms with Gasteiger partial charge in [-0.1, -0.05) is 23.7 Å². The number of likely N-dealkylation sites (N-methyl/N-ethyl adjacent to an activating group) is 1. The fourth-order valence-electron chi connectivity index (χ4n) is 3.14. The third-order valence-electron chi connectivity index (χ3n) is 4.76. The molecule has 0 bridgehead atoms. The lowest BCUT2D eigenvalue weighted by molar-refractivity contribution is -0.122. The molecule has 1 aromatic carbocycles. The van der Waals surface area contributed by atoms with E-state index in [4.69, 9.17) is 11.6 Å². The molecule has 1 unspecified atom stereocenters. The number of aliphatic imine (C=N–C) groups is 1. The molecule has 0 aliphatic carbocycles. The summed E-state index contributed by atoms with van der Waals surface area (Å²) >= 11 is 7.91. The third kappa shape index (κ3) is 7.24. The van der Waals surface area contributed by atoms with Crippen LogP contribution in [0.1, 0.15) is 23.7 Å². The number of thioether (sulfide) groups is 1. The summed E-state index contributed by atoms with van der Waals surface area (Å²) in [5.74, 6) is 0.892. The van der Waals surface area contributed by atoms with Crippen LogP contribution in [0.4, 0.5) is 0 Å². The van der Waals surface area contributed by atoms with Gasteiger partial charge < -0.3 is 16.0 Å². The molecule has 1 amide bonds. The van der Waals surface area contributed by atoms with Crippen molar-refractivity contribution in [2.24, 2.45) is 4.99 Å². The summed E-state index contributed by atoms with van der Waals surface area (Å²) in [5, 5.41) is 10.7. The molecular weight excluding hydrogens is 382 g/mol. The molecule has 1 aliphatic rings. The molecule has 1 saturated heterocycles. The topological polar surface area (TPSA) is 68.8 Å². The Kier molecular flexibility index (Phi) is 9.24. The van der Waals surface area contributed by atoms with E-state index in [1.165, 1.54) is 5.56 Å². The number of carbonyl (C=O) groups is 1. The van der Waals surface area contributed by atoms with Gasteiger partial charge >= 0.3 is 0 Å². The maximum absolute atomic E-state index is 11.5. The largest absolute Gasteiger partial charge is 0.358 e. The summed E-state index contributed by atoms with van der Waals surface area (Å²) in [4.78, 5) is 18.0. The molecule has 27 heavy (non-hydrogen) atoms. The number of rotatable bonds is 7. The first kappa shape index (κ1) is 21.9. The van der Waals surface area contributed by atoms with Crippen LogP contribution in [-0.4, -0.2) is 69.3 Å². The molecule has 1 aliphatic heterocycles. The number of guanidine groups is 1. The molecule has 0 radical (unpaired) electrons. The molecule has 1 fully saturated rings. The summed E-state index contributed by atoms with van der Waals surface area (Å²) in [6.45, 7) is 3.08. The second-order valence-corrected chi connectivity index (χ2v) is 8.08. The Morgan fingerprint density at radius 2 is 2.15 bits per heavy atom. The number of likely N-dealkylation sites (tertiary alicyclic amines) is 1. The van der Waals surface area contributed by atoms with E-state index >= 15 is 0 Å². The fourth-order valence-corrected chi connectivity index (χ4v) is 4.01. The number of hydrogen-bond donors (Lipinski definition) is 3. The second-order valence-electron chi connectivity index (χ2n) is 6.60. The normalized spacial score (nSPS) is 17.4. The number of benzene rings is 1. The number of nitrogens with one attached hydrogen (secondary N) is 3. The van der Waals surface area contributed by atoms with Crippen LogP contribution in [0, 0.1) is 0 Å². The van der Waals surface area contributed by atoms with E-state index in [-0.39, 0.29) is 5.91 Å². The molecule has 1 heterocycles. The van der Waals surface area contributed by atoms with Gasteiger partial charge in [-0.25, -0.2) is 0 Å². The highest BCUT2D eigenvalue weighted by Gasteiger charge is 2.21. The van der Waals surface area contributed by atoms with Gasteiger partial charge in [0.1, 0.15) is 0 Å². The molecule has 3 N–H and O–H groups in total. The van der Waals surface area contributed by atoms with E-state index in [9.17, 15) is 4.79 Å². The van der Waals surface area contributed by atoms with Gasteiger partial charge in [-0.3, -0.25) is 14.7 Å². The molecule has 6 nitrogen and oxygen atoms in total.